The summed E-state index contributed by atoms with van der Waals surface area (Å²) in [6.45, 7) is 3.90. The lowest BCUT2D eigenvalue weighted by Crippen LogP contribution is -2.28. The van der Waals surface area contributed by atoms with Gasteiger partial charge in [-0.1, -0.05) is 6.07 Å². The number of phenolic OH excluding ortho intramolecular Hbond substituents is 1. The fourth-order valence-electron chi connectivity index (χ4n) is 1.63. The predicted octanol–water partition coefficient (Wildman–Crippen LogP) is 1.61. The van der Waals surface area contributed by atoms with Gasteiger partial charge in [0, 0.05) is 30.8 Å². The third-order valence-corrected chi connectivity index (χ3v) is 2.71. The van der Waals surface area contributed by atoms with E-state index in [1.807, 2.05) is 33.2 Å². The number of hydrogen-bond donors (Lipinski definition) is 2. The van der Waals surface area contributed by atoms with E-state index in [1.165, 1.54) is 0 Å². The molecule has 0 saturated carbocycles. The second-order valence-electron chi connectivity index (χ2n) is 4.40. The Morgan fingerprint density at radius 2 is 2.12 bits per heavy atom. The van der Waals surface area contributed by atoms with Gasteiger partial charge in [-0.25, -0.2) is 0 Å². The molecule has 0 aliphatic heterocycles. The molecular weight excluding hydrogens is 216 g/mol. The maximum Gasteiger partial charge on any atom is 0.124 e. The number of benzene rings is 1. The van der Waals surface area contributed by atoms with Gasteiger partial charge in [0.05, 0.1) is 7.11 Å². The van der Waals surface area contributed by atoms with Gasteiger partial charge in [-0.3, -0.25) is 0 Å². The Morgan fingerprint density at radius 1 is 1.41 bits per heavy atom. The summed E-state index contributed by atoms with van der Waals surface area (Å²) in [5, 5.41) is 13.2. The molecule has 0 aliphatic carbocycles. The number of likely N-dealkylation sites (N-methyl/N-ethyl adjacent to an activating group) is 1. The summed E-state index contributed by atoms with van der Waals surface area (Å²) >= 11 is 0. The van der Waals surface area contributed by atoms with Crippen LogP contribution in [0.15, 0.2) is 18.2 Å². The quantitative estimate of drug-likeness (QED) is 0.790. The van der Waals surface area contributed by atoms with E-state index in [0.29, 0.717) is 5.75 Å². The van der Waals surface area contributed by atoms with Gasteiger partial charge in [0.25, 0.3) is 0 Å². The molecule has 1 unspecified atom stereocenters. The number of aromatic hydroxyl groups is 1. The minimum atomic E-state index is 0.126. The van der Waals surface area contributed by atoms with Crippen LogP contribution in [0.4, 0.5) is 0 Å². The minimum Gasteiger partial charge on any atom is -0.507 e. The van der Waals surface area contributed by atoms with Crippen molar-refractivity contribution in [2.24, 2.45) is 0 Å². The van der Waals surface area contributed by atoms with Gasteiger partial charge >= 0.3 is 0 Å². The normalized spacial score (nSPS) is 12.8. The maximum absolute atomic E-state index is 9.87. The van der Waals surface area contributed by atoms with Crippen LogP contribution in [0.3, 0.4) is 0 Å². The zero-order valence-electron chi connectivity index (χ0n) is 11.0. The number of hydrogen-bond acceptors (Lipinski definition) is 4. The molecule has 0 heterocycles. The molecular formula is C13H22N2O2. The minimum absolute atomic E-state index is 0.126. The van der Waals surface area contributed by atoms with Crippen LogP contribution >= 0.6 is 0 Å². The fraction of sp³-hybridized carbons (Fsp3) is 0.538. The molecule has 0 amide bonds. The van der Waals surface area contributed by atoms with E-state index < -0.39 is 0 Å². The Morgan fingerprint density at radius 3 is 2.65 bits per heavy atom. The van der Waals surface area contributed by atoms with Crippen molar-refractivity contribution >= 4 is 0 Å². The molecule has 0 saturated heterocycles. The fourth-order valence-corrected chi connectivity index (χ4v) is 1.63. The van der Waals surface area contributed by atoms with Crippen LogP contribution in [-0.4, -0.2) is 44.3 Å². The van der Waals surface area contributed by atoms with Crippen LogP contribution < -0.4 is 10.1 Å². The zero-order chi connectivity index (χ0) is 12.8. The number of nitrogens with one attached hydrogen (secondary N) is 1. The van der Waals surface area contributed by atoms with Gasteiger partial charge in [-0.2, -0.15) is 0 Å². The van der Waals surface area contributed by atoms with Crippen LogP contribution in [0.5, 0.6) is 11.5 Å². The van der Waals surface area contributed by atoms with Crippen LogP contribution in [0, 0.1) is 0 Å². The molecule has 17 heavy (non-hydrogen) atoms. The summed E-state index contributed by atoms with van der Waals surface area (Å²) in [7, 11) is 5.67. The Kier molecular flexibility index (Phi) is 5.25. The summed E-state index contributed by atoms with van der Waals surface area (Å²) in [6.07, 6.45) is 0. The van der Waals surface area contributed by atoms with E-state index >= 15 is 0 Å². The number of phenols is 1. The summed E-state index contributed by atoms with van der Waals surface area (Å²) in [6, 6.07) is 5.51. The van der Waals surface area contributed by atoms with Crippen LogP contribution in [-0.2, 0) is 0 Å². The van der Waals surface area contributed by atoms with Crippen molar-refractivity contribution in [2.45, 2.75) is 13.0 Å². The van der Waals surface area contributed by atoms with Crippen molar-refractivity contribution in [3.8, 4) is 11.5 Å². The van der Waals surface area contributed by atoms with Gasteiger partial charge < -0.3 is 20.1 Å². The van der Waals surface area contributed by atoms with E-state index in [4.69, 9.17) is 4.74 Å². The molecule has 1 rings (SSSR count). The molecule has 4 nitrogen and oxygen atoms in total. The number of nitrogens with zero attached hydrogens (tertiary/aromatic N) is 1. The Labute approximate surface area is 103 Å². The smallest absolute Gasteiger partial charge is 0.124 e. The molecule has 1 atom stereocenters. The number of ether oxygens (including phenoxy) is 1. The van der Waals surface area contributed by atoms with Crippen molar-refractivity contribution in [2.75, 3.05) is 34.3 Å². The first kappa shape index (κ1) is 13.8. The average molecular weight is 238 g/mol. The largest absolute Gasteiger partial charge is 0.507 e. The lowest BCUT2D eigenvalue weighted by atomic mass is 10.1. The SMILES string of the molecule is COc1ccc(C(C)NCCN(C)C)c(O)c1. The van der Waals surface area contributed by atoms with Gasteiger partial charge in [-0.05, 0) is 27.1 Å². The van der Waals surface area contributed by atoms with Crippen molar-refractivity contribution in [1.29, 1.82) is 0 Å². The molecule has 96 valence electrons. The molecule has 0 aromatic heterocycles. The Hall–Kier alpha value is -1.26. The maximum atomic E-state index is 9.87. The van der Waals surface area contributed by atoms with Crippen LogP contribution in [0.25, 0.3) is 0 Å². The van der Waals surface area contributed by atoms with E-state index in [0.717, 1.165) is 18.7 Å². The lowest BCUT2D eigenvalue weighted by molar-refractivity contribution is 0.383. The van der Waals surface area contributed by atoms with Gasteiger partial charge in [0.2, 0.25) is 0 Å². The van der Waals surface area contributed by atoms with Crippen LogP contribution in [0.2, 0.25) is 0 Å². The number of rotatable bonds is 6. The molecule has 4 heteroatoms. The third kappa shape index (κ3) is 4.24. The van der Waals surface area contributed by atoms with Crippen molar-refractivity contribution in [3.05, 3.63) is 23.8 Å². The average Bonchev–Trinajstić information content (AvgIpc) is 2.28. The Bertz CT molecular complexity index is 353. The molecule has 0 spiro atoms. The van der Waals surface area contributed by atoms with E-state index in [1.54, 1.807) is 13.2 Å². The van der Waals surface area contributed by atoms with Gasteiger partial charge in [0.1, 0.15) is 11.5 Å². The summed E-state index contributed by atoms with van der Waals surface area (Å²) in [4.78, 5) is 2.12. The van der Waals surface area contributed by atoms with Crippen molar-refractivity contribution < 1.29 is 9.84 Å². The van der Waals surface area contributed by atoms with Gasteiger partial charge in [-0.15, -0.1) is 0 Å². The van der Waals surface area contributed by atoms with E-state index in [-0.39, 0.29) is 11.8 Å². The molecule has 0 fully saturated rings. The van der Waals surface area contributed by atoms with E-state index in [9.17, 15) is 5.11 Å². The van der Waals surface area contributed by atoms with Crippen LogP contribution in [0.1, 0.15) is 18.5 Å². The molecule has 0 bridgehead atoms. The highest BCUT2D eigenvalue weighted by molar-refractivity contribution is 5.41. The molecule has 1 aromatic carbocycles. The molecule has 2 N–H and O–H groups in total. The monoisotopic (exact) mass is 238 g/mol. The van der Waals surface area contributed by atoms with E-state index in [2.05, 4.69) is 10.2 Å². The first-order chi connectivity index (χ1) is 8.04. The highest BCUT2D eigenvalue weighted by atomic mass is 16.5. The second kappa shape index (κ2) is 6.47. The second-order valence-corrected chi connectivity index (χ2v) is 4.40. The highest BCUT2D eigenvalue weighted by Gasteiger charge is 2.10. The summed E-state index contributed by atoms with van der Waals surface area (Å²) in [5.41, 5.74) is 0.893. The lowest BCUT2D eigenvalue weighted by Gasteiger charge is -2.17. The Balaban J connectivity index is 2.59. The van der Waals surface area contributed by atoms with Crippen molar-refractivity contribution in [3.63, 3.8) is 0 Å². The summed E-state index contributed by atoms with van der Waals surface area (Å²) in [5.74, 6) is 0.945. The number of methoxy groups -OCH3 is 1. The van der Waals surface area contributed by atoms with Gasteiger partial charge in [0.15, 0.2) is 0 Å². The first-order valence-corrected chi connectivity index (χ1v) is 5.79. The van der Waals surface area contributed by atoms with Crippen molar-refractivity contribution in [1.82, 2.24) is 10.2 Å². The predicted molar refractivity (Wildman–Crippen MR) is 69.6 cm³/mol. The standard InChI is InChI=1S/C13H22N2O2/c1-10(14-7-8-15(2)3)12-6-5-11(17-4)9-13(12)16/h5-6,9-10,14,16H,7-8H2,1-4H3. The first-order valence-electron chi connectivity index (χ1n) is 5.79. The summed E-state index contributed by atoms with van der Waals surface area (Å²) < 4.78 is 5.06. The third-order valence-electron chi connectivity index (χ3n) is 2.71. The topological polar surface area (TPSA) is 44.7 Å². The molecule has 0 radical (unpaired) electrons. The zero-order valence-corrected chi connectivity index (χ0v) is 11.0. The molecule has 1 aromatic rings. The molecule has 0 aliphatic rings. The highest BCUT2D eigenvalue weighted by Crippen LogP contribution is 2.27.